The summed E-state index contributed by atoms with van der Waals surface area (Å²) in [6.07, 6.45) is 2.16. The van der Waals surface area contributed by atoms with Crippen molar-refractivity contribution < 1.29 is 5.11 Å². The fourth-order valence-electron chi connectivity index (χ4n) is 1.42. The molecule has 0 aliphatic heterocycles. The van der Waals surface area contributed by atoms with Crippen LogP contribution in [0.4, 0.5) is 0 Å². The molecule has 0 spiro atoms. The third kappa shape index (κ3) is 1.58. The second kappa shape index (κ2) is 3.13. The Morgan fingerprint density at radius 1 is 1.67 bits per heavy atom. The van der Waals surface area contributed by atoms with E-state index in [2.05, 4.69) is 22.9 Å². The van der Waals surface area contributed by atoms with Gasteiger partial charge in [0.15, 0.2) is 0 Å². The summed E-state index contributed by atoms with van der Waals surface area (Å²) in [4.78, 5) is 1.24. The Labute approximate surface area is 84.6 Å². The minimum absolute atomic E-state index is 0.215. The Bertz CT molecular complexity index is 291. The monoisotopic (exact) mass is 246 g/mol. The van der Waals surface area contributed by atoms with Crippen molar-refractivity contribution in [3.8, 4) is 0 Å². The van der Waals surface area contributed by atoms with Crippen LogP contribution in [0.1, 0.15) is 29.4 Å². The van der Waals surface area contributed by atoms with Gasteiger partial charge in [0.25, 0.3) is 0 Å². The van der Waals surface area contributed by atoms with E-state index in [9.17, 15) is 5.11 Å². The number of aryl methyl sites for hydroxylation is 1. The van der Waals surface area contributed by atoms with Crippen LogP contribution in [-0.2, 0) is 0 Å². The first-order chi connectivity index (χ1) is 5.68. The Morgan fingerprint density at radius 2 is 2.33 bits per heavy atom. The highest BCUT2D eigenvalue weighted by molar-refractivity contribution is 9.11. The van der Waals surface area contributed by atoms with Crippen LogP contribution in [0.15, 0.2) is 9.85 Å². The first-order valence-electron chi connectivity index (χ1n) is 4.12. The first-order valence-corrected chi connectivity index (χ1v) is 5.73. The Morgan fingerprint density at radius 3 is 2.75 bits per heavy atom. The lowest BCUT2D eigenvalue weighted by Gasteiger charge is -2.07. The highest BCUT2D eigenvalue weighted by atomic mass is 79.9. The zero-order chi connectivity index (χ0) is 8.72. The zero-order valence-electron chi connectivity index (χ0n) is 6.88. The largest absolute Gasteiger partial charge is 0.388 e. The van der Waals surface area contributed by atoms with Gasteiger partial charge in [0.1, 0.15) is 0 Å². The molecular formula is C9H11BrOS. The molecule has 0 amide bonds. The number of aliphatic hydroxyl groups excluding tert-OH is 1. The van der Waals surface area contributed by atoms with E-state index in [0.29, 0.717) is 5.92 Å². The van der Waals surface area contributed by atoms with Crippen molar-refractivity contribution in [2.24, 2.45) is 5.92 Å². The molecule has 1 aromatic heterocycles. The molecule has 1 atom stereocenters. The fourth-order valence-corrected chi connectivity index (χ4v) is 3.17. The van der Waals surface area contributed by atoms with Crippen molar-refractivity contribution >= 4 is 27.3 Å². The summed E-state index contributed by atoms with van der Waals surface area (Å²) in [5, 5.41) is 9.84. The molecule has 0 bridgehead atoms. The third-order valence-electron chi connectivity index (χ3n) is 2.31. The molecule has 12 heavy (non-hydrogen) atoms. The van der Waals surface area contributed by atoms with Gasteiger partial charge < -0.3 is 5.11 Å². The molecule has 0 radical (unpaired) electrons. The van der Waals surface area contributed by atoms with Gasteiger partial charge in [-0.05, 0) is 53.2 Å². The number of thiophene rings is 1. The van der Waals surface area contributed by atoms with Crippen LogP contribution in [0.5, 0.6) is 0 Å². The Kier molecular flexibility index (Phi) is 2.27. The quantitative estimate of drug-likeness (QED) is 0.850. The van der Waals surface area contributed by atoms with Crippen LogP contribution in [0, 0.1) is 12.8 Å². The SMILES string of the molecule is Cc1sc(Br)cc1C(O)C1CC1. The van der Waals surface area contributed by atoms with E-state index in [1.54, 1.807) is 11.3 Å². The van der Waals surface area contributed by atoms with Crippen LogP contribution >= 0.6 is 27.3 Å². The predicted octanol–water partition coefficient (Wildman–Crippen LogP) is 3.26. The summed E-state index contributed by atoms with van der Waals surface area (Å²) in [5.41, 5.74) is 1.12. The van der Waals surface area contributed by atoms with Gasteiger partial charge in [-0.25, -0.2) is 0 Å². The predicted molar refractivity (Wildman–Crippen MR) is 54.4 cm³/mol. The highest BCUT2D eigenvalue weighted by Gasteiger charge is 2.32. The Balaban J connectivity index is 2.25. The van der Waals surface area contributed by atoms with E-state index in [0.717, 1.165) is 9.35 Å². The van der Waals surface area contributed by atoms with Gasteiger partial charge in [0.05, 0.1) is 9.89 Å². The number of aliphatic hydroxyl groups is 1. The summed E-state index contributed by atoms with van der Waals surface area (Å²) in [7, 11) is 0. The van der Waals surface area contributed by atoms with Gasteiger partial charge >= 0.3 is 0 Å². The van der Waals surface area contributed by atoms with Gasteiger partial charge in [0, 0.05) is 4.88 Å². The first kappa shape index (κ1) is 8.73. The molecular weight excluding hydrogens is 236 g/mol. The van der Waals surface area contributed by atoms with Gasteiger partial charge in [-0.15, -0.1) is 11.3 Å². The normalized spacial score (nSPS) is 19.6. The molecule has 1 heterocycles. The smallest absolute Gasteiger partial charge is 0.0829 e. The third-order valence-corrected chi connectivity index (χ3v) is 3.88. The molecule has 66 valence electrons. The van der Waals surface area contributed by atoms with Gasteiger partial charge in [-0.2, -0.15) is 0 Å². The lowest BCUT2D eigenvalue weighted by atomic mass is 10.1. The lowest BCUT2D eigenvalue weighted by molar-refractivity contribution is 0.153. The summed E-state index contributed by atoms with van der Waals surface area (Å²) < 4.78 is 1.12. The van der Waals surface area contributed by atoms with Crippen LogP contribution in [0.2, 0.25) is 0 Å². The maximum atomic E-state index is 9.84. The van der Waals surface area contributed by atoms with Crippen molar-refractivity contribution in [1.29, 1.82) is 0 Å². The second-order valence-corrected chi connectivity index (χ2v) is 5.98. The van der Waals surface area contributed by atoms with Crippen molar-refractivity contribution in [2.75, 3.05) is 0 Å². The van der Waals surface area contributed by atoms with Crippen LogP contribution in [0.25, 0.3) is 0 Å². The molecule has 1 fully saturated rings. The van der Waals surface area contributed by atoms with Gasteiger partial charge in [-0.3, -0.25) is 0 Å². The molecule has 1 aliphatic rings. The topological polar surface area (TPSA) is 20.2 Å². The van der Waals surface area contributed by atoms with Gasteiger partial charge in [-0.1, -0.05) is 0 Å². The summed E-state index contributed by atoms with van der Waals surface area (Å²) in [6, 6.07) is 2.04. The molecule has 1 aliphatic carbocycles. The summed E-state index contributed by atoms with van der Waals surface area (Å²) in [6.45, 7) is 2.07. The maximum absolute atomic E-state index is 9.84. The van der Waals surface area contributed by atoms with Crippen LogP contribution in [-0.4, -0.2) is 5.11 Å². The molecule has 1 saturated carbocycles. The van der Waals surface area contributed by atoms with E-state index in [4.69, 9.17) is 0 Å². The van der Waals surface area contributed by atoms with E-state index < -0.39 is 0 Å². The highest BCUT2D eigenvalue weighted by Crippen LogP contribution is 2.43. The maximum Gasteiger partial charge on any atom is 0.0829 e. The van der Waals surface area contributed by atoms with E-state index in [1.807, 2.05) is 6.07 Å². The van der Waals surface area contributed by atoms with Gasteiger partial charge in [0.2, 0.25) is 0 Å². The molecule has 3 heteroatoms. The van der Waals surface area contributed by atoms with Crippen molar-refractivity contribution in [2.45, 2.75) is 25.9 Å². The van der Waals surface area contributed by atoms with Crippen molar-refractivity contribution in [3.05, 3.63) is 20.3 Å². The standard InChI is InChI=1S/C9H11BrOS/c1-5-7(4-8(10)12-5)9(11)6-2-3-6/h4,6,9,11H,2-3H2,1H3. The number of hydrogen-bond donors (Lipinski definition) is 1. The molecule has 1 N–H and O–H groups in total. The van der Waals surface area contributed by atoms with E-state index in [1.165, 1.54) is 17.7 Å². The molecule has 0 aromatic carbocycles. The van der Waals surface area contributed by atoms with Crippen molar-refractivity contribution in [3.63, 3.8) is 0 Å². The average molecular weight is 247 g/mol. The fraction of sp³-hybridized carbons (Fsp3) is 0.556. The Hall–Kier alpha value is 0.140. The van der Waals surface area contributed by atoms with Crippen molar-refractivity contribution in [1.82, 2.24) is 0 Å². The minimum atomic E-state index is -0.215. The number of rotatable bonds is 2. The number of hydrogen-bond acceptors (Lipinski definition) is 2. The molecule has 2 rings (SSSR count). The average Bonchev–Trinajstić information content (AvgIpc) is 2.77. The summed E-state index contributed by atoms with van der Waals surface area (Å²) >= 11 is 5.13. The molecule has 1 aromatic rings. The van der Waals surface area contributed by atoms with E-state index in [-0.39, 0.29) is 6.10 Å². The minimum Gasteiger partial charge on any atom is -0.388 e. The summed E-state index contributed by atoms with van der Waals surface area (Å²) in [5.74, 6) is 0.533. The number of halogens is 1. The zero-order valence-corrected chi connectivity index (χ0v) is 9.28. The molecule has 1 unspecified atom stereocenters. The van der Waals surface area contributed by atoms with E-state index >= 15 is 0 Å². The molecule has 1 nitrogen and oxygen atoms in total. The van der Waals surface area contributed by atoms with Crippen LogP contribution in [0.3, 0.4) is 0 Å². The lowest BCUT2D eigenvalue weighted by Crippen LogP contribution is -1.98. The molecule has 0 saturated heterocycles. The second-order valence-electron chi connectivity index (χ2n) is 3.34. The van der Waals surface area contributed by atoms with Crippen LogP contribution < -0.4 is 0 Å².